The largest absolute Gasteiger partial charge is 0.490 e. The molecule has 0 radical (unpaired) electrons. The summed E-state index contributed by atoms with van der Waals surface area (Å²) in [6, 6.07) is 0.186. The summed E-state index contributed by atoms with van der Waals surface area (Å²) in [6.45, 7) is 2.62. The van der Waals surface area contributed by atoms with Gasteiger partial charge in [0.1, 0.15) is 0 Å². The number of nitrogens with two attached hydrogens (primary N) is 1. The zero-order chi connectivity index (χ0) is 9.68. The molecular formula is C10H17NO2. The van der Waals surface area contributed by atoms with Crippen molar-refractivity contribution in [1.82, 2.24) is 0 Å². The molecule has 0 fully saturated rings. The quantitative estimate of drug-likeness (QED) is 0.700. The average Bonchev–Trinajstić information content (AvgIpc) is 2.55. The van der Waals surface area contributed by atoms with E-state index in [0.29, 0.717) is 18.8 Å². The molecule has 1 rings (SSSR count). The number of carbonyl (C=O) groups excluding carboxylic acids is 1. The summed E-state index contributed by atoms with van der Waals surface area (Å²) in [7, 11) is 0. The molecule has 2 N–H and O–H groups in total. The number of ether oxygens (including phenoxy) is 1. The first-order valence-corrected chi connectivity index (χ1v) is 4.82. The minimum absolute atomic E-state index is 0.123. The standard InChI is InChI=1S/C10H17NO2/c1-8(11)4-2-5-9(12)10-6-3-7-13-10/h6,8H,2-5,7,11H2,1H3. The van der Waals surface area contributed by atoms with Crippen molar-refractivity contribution >= 4 is 5.78 Å². The van der Waals surface area contributed by atoms with Gasteiger partial charge >= 0.3 is 0 Å². The summed E-state index contributed by atoms with van der Waals surface area (Å²) >= 11 is 0. The molecule has 1 aliphatic heterocycles. The Morgan fingerprint density at radius 1 is 1.77 bits per heavy atom. The van der Waals surface area contributed by atoms with E-state index in [9.17, 15) is 4.79 Å². The topological polar surface area (TPSA) is 52.3 Å². The van der Waals surface area contributed by atoms with Crippen LogP contribution in [0.3, 0.4) is 0 Å². The third-order valence-corrected chi connectivity index (χ3v) is 2.04. The number of hydrogen-bond donors (Lipinski definition) is 1. The highest BCUT2D eigenvalue weighted by Gasteiger charge is 2.14. The number of rotatable bonds is 5. The Morgan fingerprint density at radius 3 is 3.08 bits per heavy atom. The van der Waals surface area contributed by atoms with Crippen LogP contribution in [0.2, 0.25) is 0 Å². The van der Waals surface area contributed by atoms with Crippen molar-refractivity contribution in [3.8, 4) is 0 Å². The summed E-state index contributed by atoms with van der Waals surface area (Å²) in [5, 5.41) is 0. The molecule has 0 amide bonds. The zero-order valence-electron chi connectivity index (χ0n) is 8.08. The van der Waals surface area contributed by atoms with Gasteiger partial charge in [-0.15, -0.1) is 0 Å². The van der Waals surface area contributed by atoms with Gasteiger partial charge in [0.2, 0.25) is 0 Å². The molecule has 1 aliphatic rings. The first-order chi connectivity index (χ1) is 6.20. The van der Waals surface area contributed by atoms with E-state index < -0.39 is 0 Å². The van der Waals surface area contributed by atoms with E-state index >= 15 is 0 Å². The van der Waals surface area contributed by atoms with Crippen molar-refractivity contribution in [3.63, 3.8) is 0 Å². The van der Waals surface area contributed by atoms with E-state index in [1.54, 1.807) is 0 Å². The van der Waals surface area contributed by atoms with Gasteiger partial charge in [-0.3, -0.25) is 4.79 Å². The van der Waals surface area contributed by atoms with Crippen LogP contribution >= 0.6 is 0 Å². The minimum Gasteiger partial charge on any atom is -0.490 e. The Kier molecular flexibility index (Phi) is 3.96. The predicted octanol–water partition coefficient (Wildman–Crippen LogP) is 1.38. The molecule has 0 saturated heterocycles. The monoisotopic (exact) mass is 183 g/mol. The van der Waals surface area contributed by atoms with Gasteiger partial charge in [-0.05, 0) is 25.8 Å². The van der Waals surface area contributed by atoms with Crippen molar-refractivity contribution in [1.29, 1.82) is 0 Å². The van der Waals surface area contributed by atoms with E-state index in [1.807, 2.05) is 13.0 Å². The van der Waals surface area contributed by atoms with Gasteiger partial charge in [-0.2, -0.15) is 0 Å². The van der Waals surface area contributed by atoms with Crippen LogP contribution in [0.15, 0.2) is 11.8 Å². The molecular weight excluding hydrogens is 166 g/mol. The Hall–Kier alpha value is -0.830. The molecule has 0 aliphatic carbocycles. The maximum atomic E-state index is 11.4. The molecule has 0 aromatic carbocycles. The first-order valence-electron chi connectivity index (χ1n) is 4.82. The Labute approximate surface area is 78.9 Å². The van der Waals surface area contributed by atoms with E-state index in [2.05, 4.69) is 0 Å². The fraction of sp³-hybridized carbons (Fsp3) is 0.700. The lowest BCUT2D eigenvalue weighted by atomic mass is 10.1. The van der Waals surface area contributed by atoms with Crippen LogP contribution in [0.25, 0.3) is 0 Å². The Bertz CT molecular complexity index is 209. The Morgan fingerprint density at radius 2 is 2.54 bits per heavy atom. The van der Waals surface area contributed by atoms with Gasteiger partial charge in [-0.1, -0.05) is 0 Å². The lowest BCUT2D eigenvalue weighted by molar-refractivity contribution is -0.118. The predicted molar refractivity (Wildman–Crippen MR) is 51.2 cm³/mol. The fourth-order valence-corrected chi connectivity index (χ4v) is 1.32. The SMILES string of the molecule is CC(N)CCCC(=O)C1=CCCO1. The molecule has 74 valence electrons. The van der Waals surface area contributed by atoms with Gasteiger partial charge in [0.25, 0.3) is 0 Å². The van der Waals surface area contributed by atoms with Crippen LogP contribution in [-0.2, 0) is 9.53 Å². The van der Waals surface area contributed by atoms with Crippen LogP contribution in [0.1, 0.15) is 32.6 Å². The molecule has 13 heavy (non-hydrogen) atoms. The van der Waals surface area contributed by atoms with Crippen LogP contribution in [-0.4, -0.2) is 18.4 Å². The van der Waals surface area contributed by atoms with Crippen molar-refractivity contribution < 1.29 is 9.53 Å². The minimum atomic E-state index is 0.123. The lowest BCUT2D eigenvalue weighted by Crippen LogP contribution is -2.15. The molecule has 0 aromatic rings. The van der Waals surface area contributed by atoms with Crippen molar-refractivity contribution in [3.05, 3.63) is 11.8 Å². The molecule has 1 atom stereocenters. The van der Waals surface area contributed by atoms with E-state index in [4.69, 9.17) is 10.5 Å². The molecule has 0 saturated carbocycles. The molecule has 3 heteroatoms. The van der Waals surface area contributed by atoms with E-state index in [1.165, 1.54) is 0 Å². The molecule has 0 bridgehead atoms. The summed E-state index contributed by atoms with van der Waals surface area (Å²) in [5.41, 5.74) is 5.57. The molecule has 3 nitrogen and oxygen atoms in total. The highest BCUT2D eigenvalue weighted by atomic mass is 16.5. The average molecular weight is 183 g/mol. The summed E-state index contributed by atoms with van der Waals surface area (Å²) in [5.74, 6) is 0.683. The third-order valence-electron chi connectivity index (χ3n) is 2.04. The van der Waals surface area contributed by atoms with Crippen molar-refractivity contribution in [2.45, 2.75) is 38.6 Å². The van der Waals surface area contributed by atoms with E-state index in [0.717, 1.165) is 19.3 Å². The molecule has 1 unspecified atom stereocenters. The summed E-state index contributed by atoms with van der Waals surface area (Å²) < 4.78 is 5.15. The fourth-order valence-electron chi connectivity index (χ4n) is 1.32. The zero-order valence-corrected chi connectivity index (χ0v) is 8.08. The van der Waals surface area contributed by atoms with Gasteiger partial charge < -0.3 is 10.5 Å². The third kappa shape index (κ3) is 3.59. The van der Waals surface area contributed by atoms with Gasteiger partial charge in [-0.25, -0.2) is 0 Å². The van der Waals surface area contributed by atoms with Gasteiger partial charge in [0, 0.05) is 18.9 Å². The van der Waals surface area contributed by atoms with Crippen LogP contribution in [0, 0.1) is 0 Å². The second-order valence-electron chi connectivity index (χ2n) is 3.50. The van der Waals surface area contributed by atoms with Crippen molar-refractivity contribution in [2.24, 2.45) is 5.73 Å². The first kappa shape index (κ1) is 10.3. The van der Waals surface area contributed by atoms with Crippen LogP contribution in [0.4, 0.5) is 0 Å². The summed E-state index contributed by atoms with van der Waals surface area (Å²) in [6.07, 6.45) is 5.06. The molecule has 1 heterocycles. The smallest absolute Gasteiger partial charge is 0.197 e. The van der Waals surface area contributed by atoms with Crippen LogP contribution < -0.4 is 5.73 Å². The second kappa shape index (κ2) is 5.02. The lowest BCUT2D eigenvalue weighted by Gasteiger charge is -2.04. The second-order valence-corrected chi connectivity index (χ2v) is 3.50. The van der Waals surface area contributed by atoms with Crippen molar-refractivity contribution in [2.75, 3.05) is 6.61 Å². The number of carbonyl (C=O) groups is 1. The number of ketones is 1. The normalized spacial score (nSPS) is 17.8. The van der Waals surface area contributed by atoms with Crippen LogP contribution in [0.5, 0.6) is 0 Å². The maximum absolute atomic E-state index is 11.4. The molecule has 0 aromatic heterocycles. The number of Topliss-reactive ketones (excluding diaryl/α,β-unsaturated/α-hetero) is 1. The van der Waals surface area contributed by atoms with E-state index in [-0.39, 0.29) is 11.8 Å². The van der Waals surface area contributed by atoms with Gasteiger partial charge in [0.15, 0.2) is 11.5 Å². The maximum Gasteiger partial charge on any atom is 0.197 e. The highest BCUT2D eigenvalue weighted by molar-refractivity contribution is 5.93. The Balaban J connectivity index is 2.17. The summed E-state index contributed by atoms with van der Waals surface area (Å²) in [4.78, 5) is 11.4. The highest BCUT2D eigenvalue weighted by Crippen LogP contribution is 2.13. The number of hydrogen-bond acceptors (Lipinski definition) is 3. The number of allylic oxidation sites excluding steroid dienone is 1. The van der Waals surface area contributed by atoms with Gasteiger partial charge in [0.05, 0.1) is 6.61 Å². The molecule has 0 spiro atoms.